The van der Waals surface area contributed by atoms with Crippen LogP contribution in [-0.4, -0.2) is 8.80 Å². The van der Waals surface area contributed by atoms with Crippen LogP contribution in [0.4, 0.5) is 0 Å². The van der Waals surface area contributed by atoms with E-state index in [1.807, 2.05) is 0 Å². The predicted molar refractivity (Wildman–Crippen MR) is 52.6 cm³/mol. The van der Waals surface area contributed by atoms with Gasteiger partial charge in [0.25, 0.3) is 0 Å². The lowest BCUT2D eigenvalue weighted by Gasteiger charge is -2.22. The van der Waals surface area contributed by atoms with Crippen molar-refractivity contribution in [2.75, 3.05) is 0 Å². The van der Waals surface area contributed by atoms with Crippen molar-refractivity contribution in [1.29, 1.82) is 0 Å². The van der Waals surface area contributed by atoms with Crippen LogP contribution in [0.3, 0.4) is 0 Å². The summed E-state index contributed by atoms with van der Waals surface area (Å²) in [5, 5.41) is 0. The van der Waals surface area contributed by atoms with Crippen molar-refractivity contribution in [2.24, 2.45) is 11.8 Å². The van der Waals surface area contributed by atoms with Crippen LogP contribution < -0.4 is 0 Å². The third-order valence-corrected chi connectivity index (χ3v) is 7.22. The lowest BCUT2D eigenvalue weighted by Crippen LogP contribution is -2.18. The monoisotopic (exact) mass is 166 g/mol. The van der Waals surface area contributed by atoms with Crippen LogP contribution in [0.5, 0.6) is 0 Å². The minimum Gasteiger partial charge on any atom is -0.0851 e. The number of hydrogen-bond donors (Lipinski definition) is 0. The van der Waals surface area contributed by atoms with Crippen molar-refractivity contribution in [3.05, 3.63) is 12.2 Å². The maximum atomic E-state index is 2.55. The second-order valence-corrected chi connectivity index (χ2v) is 7.96. The average Bonchev–Trinajstić information content (AvgIpc) is 2.62. The van der Waals surface area contributed by atoms with Crippen LogP contribution in [0, 0.1) is 11.8 Å². The molecule has 0 aromatic carbocycles. The van der Waals surface area contributed by atoms with Gasteiger partial charge in [-0.3, -0.25) is 0 Å². The smallest absolute Gasteiger partial charge is 0.0372 e. The molecular formula is C10H18Si. The molecule has 0 nitrogen and oxygen atoms in total. The molecule has 0 N–H and O–H groups in total. The quantitative estimate of drug-likeness (QED) is 0.437. The summed E-state index contributed by atoms with van der Waals surface area (Å²) >= 11 is 0. The molecule has 0 aromatic heterocycles. The molecule has 2 rings (SSSR count). The molecule has 1 saturated carbocycles. The fraction of sp³-hybridized carbons (Fsp3) is 0.800. The largest absolute Gasteiger partial charge is 0.0851 e. The second kappa shape index (κ2) is 2.78. The highest BCUT2D eigenvalue weighted by molar-refractivity contribution is 6.59. The van der Waals surface area contributed by atoms with E-state index in [1.165, 1.54) is 12.5 Å². The van der Waals surface area contributed by atoms with Crippen molar-refractivity contribution >= 4 is 8.80 Å². The Hall–Kier alpha value is -0.0431. The van der Waals surface area contributed by atoms with Crippen molar-refractivity contribution < 1.29 is 0 Å². The zero-order chi connectivity index (χ0) is 7.84. The highest BCUT2D eigenvalue weighted by atomic mass is 28.3. The molecule has 4 atom stereocenters. The molecular weight excluding hydrogens is 148 g/mol. The SMILES string of the molecule is CC[SiH](C)C1CC2C=CC1C2. The first kappa shape index (κ1) is 7.60. The topological polar surface area (TPSA) is 0 Å². The van der Waals surface area contributed by atoms with Gasteiger partial charge >= 0.3 is 0 Å². The molecule has 1 fully saturated rings. The third kappa shape index (κ3) is 1.20. The summed E-state index contributed by atoms with van der Waals surface area (Å²) in [4.78, 5) is 0. The summed E-state index contributed by atoms with van der Waals surface area (Å²) < 4.78 is 0. The van der Waals surface area contributed by atoms with E-state index in [2.05, 4.69) is 25.6 Å². The Morgan fingerprint density at radius 1 is 1.36 bits per heavy atom. The lowest BCUT2D eigenvalue weighted by atomic mass is 10.1. The Kier molecular flexibility index (Phi) is 1.92. The van der Waals surface area contributed by atoms with Crippen LogP contribution in [-0.2, 0) is 0 Å². The first-order valence-corrected chi connectivity index (χ1v) is 7.63. The summed E-state index contributed by atoms with van der Waals surface area (Å²) in [6, 6.07) is 1.50. The zero-order valence-corrected chi connectivity index (χ0v) is 8.74. The summed E-state index contributed by atoms with van der Waals surface area (Å²) in [6.07, 6.45) is 8.00. The Morgan fingerprint density at radius 2 is 2.18 bits per heavy atom. The van der Waals surface area contributed by atoms with Crippen molar-refractivity contribution in [1.82, 2.24) is 0 Å². The molecule has 0 amide bonds. The van der Waals surface area contributed by atoms with Gasteiger partial charge in [0, 0.05) is 8.80 Å². The van der Waals surface area contributed by atoms with Gasteiger partial charge in [-0.25, -0.2) is 0 Å². The summed E-state index contributed by atoms with van der Waals surface area (Å²) in [7, 11) is -0.330. The molecule has 0 heterocycles. The molecule has 1 heteroatoms. The Labute approximate surface area is 71.3 Å². The molecule has 0 radical (unpaired) electrons. The summed E-state index contributed by atoms with van der Waals surface area (Å²) in [5.41, 5.74) is 1.16. The van der Waals surface area contributed by atoms with E-state index in [0.29, 0.717) is 0 Å². The van der Waals surface area contributed by atoms with Gasteiger partial charge < -0.3 is 0 Å². The van der Waals surface area contributed by atoms with Gasteiger partial charge in [0.1, 0.15) is 0 Å². The lowest BCUT2D eigenvalue weighted by molar-refractivity contribution is 0.681. The highest BCUT2D eigenvalue weighted by Gasteiger charge is 2.37. The average molecular weight is 166 g/mol. The molecule has 62 valence electrons. The maximum absolute atomic E-state index is 2.55. The molecule has 4 unspecified atom stereocenters. The molecule has 2 aliphatic carbocycles. The van der Waals surface area contributed by atoms with Crippen molar-refractivity contribution in [3.8, 4) is 0 Å². The fourth-order valence-electron chi connectivity index (χ4n) is 2.78. The van der Waals surface area contributed by atoms with Gasteiger partial charge in [-0.05, 0) is 30.2 Å². The second-order valence-electron chi connectivity index (χ2n) is 4.33. The molecule has 2 bridgehead atoms. The van der Waals surface area contributed by atoms with Crippen molar-refractivity contribution in [2.45, 2.75) is 37.9 Å². The van der Waals surface area contributed by atoms with Crippen LogP contribution in [0.2, 0.25) is 18.1 Å². The number of allylic oxidation sites excluding steroid dienone is 2. The first-order valence-electron chi connectivity index (χ1n) is 4.99. The van der Waals surface area contributed by atoms with E-state index in [9.17, 15) is 0 Å². The summed E-state index contributed by atoms with van der Waals surface area (Å²) in [6.45, 7) is 4.94. The van der Waals surface area contributed by atoms with Crippen LogP contribution in [0.25, 0.3) is 0 Å². The maximum Gasteiger partial charge on any atom is 0.0372 e. The minimum atomic E-state index is -0.330. The zero-order valence-electron chi connectivity index (χ0n) is 7.59. The summed E-state index contributed by atoms with van der Waals surface area (Å²) in [5.74, 6) is 2.01. The Bertz CT molecular complexity index is 174. The fourth-order valence-corrected chi connectivity index (χ4v) is 5.33. The van der Waals surface area contributed by atoms with Crippen LogP contribution in [0.1, 0.15) is 19.8 Å². The van der Waals surface area contributed by atoms with Gasteiger partial charge in [0.15, 0.2) is 0 Å². The number of fused-ring (bicyclic) bond motifs is 2. The minimum absolute atomic E-state index is 0.330. The normalized spacial score (nSPS) is 43.3. The van der Waals surface area contributed by atoms with E-state index < -0.39 is 0 Å². The van der Waals surface area contributed by atoms with Gasteiger partial charge in [0.05, 0.1) is 0 Å². The van der Waals surface area contributed by atoms with Crippen LogP contribution in [0.15, 0.2) is 12.2 Å². The molecule has 2 aliphatic rings. The molecule has 0 aromatic rings. The van der Waals surface area contributed by atoms with E-state index in [4.69, 9.17) is 0 Å². The molecule has 0 aliphatic heterocycles. The van der Waals surface area contributed by atoms with Gasteiger partial charge in [-0.15, -0.1) is 0 Å². The van der Waals surface area contributed by atoms with Crippen molar-refractivity contribution in [3.63, 3.8) is 0 Å². The standard InChI is InChI=1S/C10H18Si/c1-3-11(2)10-7-8-4-5-9(10)6-8/h4-5,8-11H,3,6-7H2,1-2H3. The molecule has 11 heavy (non-hydrogen) atoms. The van der Waals surface area contributed by atoms with E-state index >= 15 is 0 Å². The molecule has 0 saturated heterocycles. The Morgan fingerprint density at radius 3 is 2.64 bits per heavy atom. The number of rotatable bonds is 2. The highest BCUT2D eigenvalue weighted by Crippen LogP contribution is 2.48. The van der Waals surface area contributed by atoms with E-state index in [-0.39, 0.29) is 8.80 Å². The Balaban J connectivity index is 2.02. The molecule has 0 spiro atoms. The predicted octanol–water partition coefficient (Wildman–Crippen LogP) is 2.83. The van der Waals surface area contributed by atoms with Gasteiger partial charge in [-0.1, -0.05) is 31.7 Å². The van der Waals surface area contributed by atoms with Crippen LogP contribution >= 0.6 is 0 Å². The third-order valence-electron chi connectivity index (χ3n) is 3.71. The van der Waals surface area contributed by atoms with E-state index in [0.717, 1.165) is 17.4 Å². The van der Waals surface area contributed by atoms with E-state index in [1.54, 1.807) is 6.42 Å². The van der Waals surface area contributed by atoms with Gasteiger partial charge in [0.2, 0.25) is 0 Å². The van der Waals surface area contributed by atoms with Gasteiger partial charge in [-0.2, -0.15) is 0 Å². The first-order chi connectivity index (χ1) is 5.31. The number of hydrogen-bond acceptors (Lipinski definition) is 0.